The average Bonchev–Trinajstić information content (AvgIpc) is 2.44. The molecule has 0 aromatic heterocycles. The van der Waals surface area contributed by atoms with E-state index in [1.165, 1.54) is 6.92 Å². The van der Waals surface area contributed by atoms with E-state index in [-0.39, 0.29) is 12.8 Å². The molecule has 1 aliphatic rings. The van der Waals surface area contributed by atoms with Gasteiger partial charge in [-0.15, -0.1) is 12.6 Å². The largest absolute Gasteiger partial charge is 0.297 e. The lowest BCUT2D eigenvalue weighted by molar-refractivity contribution is -0.154. The Morgan fingerprint density at radius 1 is 1.27 bits per heavy atom. The van der Waals surface area contributed by atoms with Crippen molar-refractivity contribution in [1.82, 2.24) is 4.90 Å². The van der Waals surface area contributed by atoms with E-state index in [9.17, 15) is 19.2 Å². The lowest BCUT2D eigenvalue weighted by atomic mass is 9.97. The Labute approximate surface area is 92.2 Å². The van der Waals surface area contributed by atoms with Crippen LogP contribution in [0.1, 0.15) is 26.7 Å². The fourth-order valence-corrected chi connectivity index (χ4v) is 1.74. The van der Waals surface area contributed by atoms with Crippen LogP contribution in [0.3, 0.4) is 0 Å². The van der Waals surface area contributed by atoms with E-state index in [2.05, 4.69) is 12.6 Å². The van der Waals surface area contributed by atoms with Crippen LogP contribution in [-0.4, -0.2) is 33.2 Å². The van der Waals surface area contributed by atoms with Crippen LogP contribution < -0.4 is 0 Å². The lowest BCUT2D eigenvalue weighted by Gasteiger charge is -2.31. The lowest BCUT2D eigenvalue weighted by Crippen LogP contribution is -2.57. The van der Waals surface area contributed by atoms with E-state index in [0.29, 0.717) is 0 Å². The maximum atomic E-state index is 11.4. The summed E-state index contributed by atoms with van der Waals surface area (Å²) in [6, 6.07) is 0. The van der Waals surface area contributed by atoms with E-state index < -0.39 is 28.3 Å². The Balaban J connectivity index is 3.21. The molecule has 6 heteroatoms. The van der Waals surface area contributed by atoms with Crippen LogP contribution in [0.25, 0.3) is 0 Å². The Bertz CT molecular complexity index is 329. The van der Waals surface area contributed by atoms with Crippen molar-refractivity contribution < 1.29 is 19.2 Å². The maximum absolute atomic E-state index is 11.4. The third kappa shape index (κ3) is 1.69. The van der Waals surface area contributed by atoms with Crippen LogP contribution in [0.5, 0.6) is 0 Å². The van der Waals surface area contributed by atoms with Crippen LogP contribution in [0.2, 0.25) is 0 Å². The van der Waals surface area contributed by atoms with Gasteiger partial charge in [0.2, 0.25) is 16.9 Å². The number of hydrogen-bond donors (Lipinski definition) is 1. The quantitative estimate of drug-likeness (QED) is 0.418. The van der Waals surface area contributed by atoms with Gasteiger partial charge in [-0.1, -0.05) is 0 Å². The van der Waals surface area contributed by atoms with E-state index in [1.807, 2.05) is 0 Å². The van der Waals surface area contributed by atoms with Gasteiger partial charge >= 0.3 is 0 Å². The first-order valence-corrected chi connectivity index (χ1v) is 4.87. The third-order valence-electron chi connectivity index (χ3n) is 2.60. The highest BCUT2D eigenvalue weighted by Crippen LogP contribution is 2.26. The van der Waals surface area contributed by atoms with Crippen LogP contribution in [0.4, 0.5) is 0 Å². The summed E-state index contributed by atoms with van der Waals surface area (Å²) < 4.78 is 0. The number of rotatable bonds is 3. The zero-order valence-electron chi connectivity index (χ0n) is 8.44. The number of Topliss-reactive ketones (excluding diaryl/α,β-unsaturated/α-hetero) is 1. The number of nitrogens with zero attached hydrogens (tertiary/aromatic N) is 1. The van der Waals surface area contributed by atoms with Crippen LogP contribution in [0, 0.1) is 0 Å². The number of ketones is 1. The summed E-state index contributed by atoms with van der Waals surface area (Å²) in [7, 11) is 0. The Morgan fingerprint density at radius 2 is 1.67 bits per heavy atom. The van der Waals surface area contributed by atoms with Gasteiger partial charge in [0, 0.05) is 12.8 Å². The first-order valence-electron chi connectivity index (χ1n) is 4.42. The fourth-order valence-electron chi connectivity index (χ4n) is 1.48. The minimum absolute atomic E-state index is 0.0444. The molecule has 15 heavy (non-hydrogen) atoms. The SMILES string of the molecule is CC(=O)C(C)(C(=O)S)N1C(=O)CCC1=O. The van der Waals surface area contributed by atoms with Gasteiger partial charge in [0.25, 0.3) is 0 Å². The van der Waals surface area contributed by atoms with Gasteiger partial charge in [-0.2, -0.15) is 0 Å². The summed E-state index contributed by atoms with van der Waals surface area (Å²) in [5, 5.41) is -0.793. The van der Waals surface area contributed by atoms with Gasteiger partial charge in [0.15, 0.2) is 11.3 Å². The van der Waals surface area contributed by atoms with Crippen molar-refractivity contribution >= 4 is 35.3 Å². The predicted octanol–water partition coefficient (Wildman–Crippen LogP) is -0.0605. The van der Waals surface area contributed by atoms with Crippen LogP contribution in [0.15, 0.2) is 0 Å². The van der Waals surface area contributed by atoms with Crippen molar-refractivity contribution in [3.8, 4) is 0 Å². The van der Waals surface area contributed by atoms with Crippen molar-refractivity contribution in [2.45, 2.75) is 32.2 Å². The Hall–Kier alpha value is -1.17. The summed E-state index contributed by atoms with van der Waals surface area (Å²) >= 11 is 3.57. The maximum Gasteiger partial charge on any atom is 0.230 e. The molecule has 1 heterocycles. The van der Waals surface area contributed by atoms with Crippen molar-refractivity contribution in [3.63, 3.8) is 0 Å². The molecule has 0 aromatic carbocycles. The minimum Gasteiger partial charge on any atom is -0.297 e. The molecule has 0 aromatic rings. The summed E-state index contributed by atoms with van der Waals surface area (Å²) in [6.07, 6.45) is 0.0888. The van der Waals surface area contributed by atoms with E-state index in [1.54, 1.807) is 0 Å². The van der Waals surface area contributed by atoms with E-state index in [0.717, 1.165) is 11.8 Å². The standard InChI is InChI=1S/C9H11NO4S/c1-5(11)9(2,8(14)15)10-6(12)3-4-7(10)13/h3-4H2,1-2H3,(H,14,15). The molecule has 0 N–H and O–H groups in total. The first kappa shape index (κ1) is 11.9. The number of hydrogen-bond acceptors (Lipinski definition) is 4. The number of carbonyl (C=O) groups is 4. The Morgan fingerprint density at radius 3 is 1.93 bits per heavy atom. The van der Waals surface area contributed by atoms with Crippen molar-refractivity contribution in [3.05, 3.63) is 0 Å². The number of amides is 2. The molecule has 0 bridgehead atoms. The molecule has 1 unspecified atom stereocenters. The van der Waals surface area contributed by atoms with Gasteiger partial charge in [-0.05, 0) is 13.8 Å². The molecule has 1 saturated heterocycles. The highest BCUT2D eigenvalue weighted by molar-refractivity contribution is 7.97. The second-order valence-corrected chi connectivity index (χ2v) is 3.96. The van der Waals surface area contributed by atoms with Gasteiger partial charge in [-0.25, -0.2) is 0 Å². The molecule has 0 saturated carbocycles. The smallest absolute Gasteiger partial charge is 0.230 e. The van der Waals surface area contributed by atoms with Gasteiger partial charge in [0.05, 0.1) is 0 Å². The molecule has 0 aliphatic carbocycles. The molecule has 1 aliphatic heterocycles. The third-order valence-corrected chi connectivity index (χ3v) is 3.04. The fraction of sp³-hybridized carbons (Fsp3) is 0.556. The molecule has 1 rings (SSSR count). The summed E-state index contributed by atoms with van der Waals surface area (Å²) in [4.78, 5) is 46.2. The van der Waals surface area contributed by atoms with Crippen molar-refractivity contribution in [1.29, 1.82) is 0 Å². The van der Waals surface area contributed by atoms with Crippen LogP contribution >= 0.6 is 12.6 Å². The molecule has 0 spiro atoms. The Kier molecular flexibility index (Phi) is 2.99. The average molecular weight is 229 g/mol. The van der Waals surface area contributed by atoms with Gasteiger partial charge in [-0.3, -0.25) is 24.1 Å². The number of imide groups is 1. The highest BCUT2D eigenvalue weighted by atomic mass is 32.1. The number of likely N-dealkylation sites (tertiary alicyclic amines) is 1. The molecule has 2 amide bonds. The van der Waals surface area contributed by atoms with E-state index >= 15 is 0 Å². The monoisotopic (exact) mass is 229 g/mol. The molecular weight excluding hydrogens is 218 g/mol. The molecular formula is C9H11NO4S. The van der Waals surface area contributed by atoms with Crippen molar-refractivity contribution in [2.75, 3.05) is 0 Å². The molecule has 5 nitrogen and oxygen atoms in total. The zero-order valence-corrected chi connectivity index (χ0v) is 9.34. The number of thiol groups is 1. The first-order chi connectivity index (χ1) is 6.81. The summed E-state index contributed by atoms with van der Waals surface area (Å²) in [5.41, 5.74) is -1.76. The second kappa shape index (κ2) is 3.77. The normalized spacial score (nSPS) is 20.3. The zero-order chi connectivity index (χ0) is 11.8. The highest BCUT2D eigenvalue weighted by Gasteiger charge is 2.50. The topological polar surface area (TPSA) is 71.5 Å². The second-order valence-electron chi connectivity index (χ2n) is 3.56. The number of carbonyl (C=O) groups excluding carboxylic acids is 4. The van der Waals surface area contributed by atoms with Crippen molar-refractivity contribution in [2.24, 2.45) is 0 Å². The van der Waals surface area contributed by atoms with Gasteiger partial charge in [0.1, 0.15) is 0 Å². The molecule has 1 atom stereocenters. The van der Waals surface area contributed by atoms with Crippen LogP contribution in [-0.2, 0) is 19.2 Å². The minimum atomic E-state index is -1.76. The molecule has 1 fully saturated rings. The summed E-state index contributed by atoms with van der Waals surface area (Å²) in [5.74, 6) is -1.56. The predicted molar refractivity (Wildman–Crippen MR) is 54.2 cm³/mol. The molecule has 82 valence electrons. The summed E-state index contributed by atoms with van der Waals surface area (Å²) in [6.45, 7) is 2.40. The van der Waals surface area contributed by atoms with E-state index in [4.69, 9.17) is 0 Å². The van der Waals surface area contributed by atoms with Gasteiger partial charge < -0.3 is 0 Å². The molecule has 0 radical (unpaired) electrons.